The fourth-order valence-corrected chi connectivity index (χ4v) is 2.01. The van der Waals surface area contributed by atoms with Gasteiger partial charge in [-0.2, -0.15) is 0 Å². The van der Waals surface area contributed by atoms with Gasteiger partial charge in [0.05, 0.1) is 25.9 Å². The van der Waals surface area contributed by atoms with Gasteiger partial charge in [-0.15, -0.1) is 0 Å². The van der Waals surface area contributed by atoms with Crippen LogP contribution in [0.4, 0.5) is 4.39 Å². The SMILES string of the molecule is COc1ccc(OCCCOc2ccc(F)cc2C(C)=O)cc1. The molecule has 122 valence electrons. The number of carbonyl (C=O) groups is 1. The van der Waals surface area contributed by atoms with E-state index in [1.165, 1.54) is 25.1 Å². The lowest BCUT2D eigenvalue weighted by molar-refractivity contribution is 0.101. The minimum Gasteiger partial charge on any atom is -0.497 e. The molecule has 0 bridgehead atoms. The van der Waals surface area contributed by atoms with Gasteiger partial charge in [0, 0.05) is 6.42 Å². The Labute approximate surface area is 134 Å². The molecule has 0 spiro atoms. The van der Waals surface area contributed by atoms with E-state index in [9.17, 15) is 9.18 Å². The van der Waals surface area contributed by atoms with Crippen molar-refractivity contribution in [1.29, 1.82) is 0 Å². The summed E-state index contributed by atoms with van der Waals surface area (Å²) in [6, 6.07) is 11.2. The zero-order valence-corrected chi connectivity index (χ0v) is 13.2. The summed E-state index contributed by atoms with van der Waals surface area (Å²) in [6.07, 6.45) is 0.640. The van der Waals surface area contributed by atoms with Crippen LogP contribution in [0.25, 0.3) is 0 Å². The van der Waals surface area contributed by atoms with Crippen LogP contribution < -0.4 is 14.2 Å². The van der Waals surface area contributed by atoms with Gasteiger partial charge in [-0.3, -0.25) is 4.79 Å². The van der Waals surface area contributed by atoms with E-state index in [0.717, 1.165) is 11.5 Å². The molecule has 0 heterocycles. The standard InChI is InChI=1S/C18H19FO4/c1-13(20)17-12-14(19)4-9-18(17)23-11-3-10-22-16-7-5-15(21-2)6-8-16/h4-9,12H,3,10-11H2,1-2H3. The van der Waals surface area contributed by atoms with Crippen molar-refractivity contribution >= 4 is 5.78 Å². The number of hydrogen-bond acceptors (Lipinski definition) is 4. The van der Waals surface area contributed by atoms with Crippen LogP contribution in [-0.4, -0.2) is 26.1 Å². The van der Waals surface area contributed by atoms with Gasteiger partial charge in [0.2, 0.25) is 0 Å². The van der Waals surface area contributed by atoms with Crippen molar-refractivity contribution < 1.29 is 23.4 Å². The van der Waals surface area contributed by atoms with Crippen LogP contribution in [0.2, 0.25) is 0 Å². The highest BCUT2D eigenvalue weighted by Crippen LogP contribution is 2.21. The molecule has 0 N–H and O–H groups in total. The zero-order valence-electron chi connectivity index (χ0n) is 13.2. The van der Waals surface area contributed by atoms with Gasteiger partial charge < -0.3 is 14.2 Å². The molecule has 23 heavy (non-hydrogen) atoms. The topological polar surface area (TPSA) is 44.8 Å². The van der Waals surface area contributed by atoms with Crippen molar-refractivity contribution in [1.82, 2.24) is 0 Å². The van der Waals surface area contributed by atoms with Crippen molar-refractivity contribution in [3.8, 4) is 17.2 Å². The molecule has 2 aromatic carbocycles. The van der Waals surface area contributed by atoms with Gasteiger partial charge in [0.1, 0.15) is 23.1 Å². The molecule has 2 rings (SSSR count). The maximum absolute atomic E-state index is 13.2. The van der Waals surface area contributed by atoms with Gasteiger partial charge in [-0.05, 0) is 49.4 Å². The van der Waals surface area contributed by atoms with E-state index in [4.69, 9.17) is 14.2 Å². The van der Waals surface area contributed by atoms with E-state index in [0.29, 0.717) is 25.4 Å². The van der Waals surface area contributed by atoms with E-state index in [1.54, 1.807) is 7.11 Å². The fourth-order valence-electron chi connectivity index (χ4n) is 2.01. The molecule has 0 aliphatic heterocycles. The second kappa shape index (κ2) is 8.17. The summed E-state index contributed by atoms with van der Waals surface area (Å²) in [6.45, 7) is 2.24. The van der Waals surface area contributed by atoms with Crippen LogP contribution in [0, 0.1) is 5.82 Å². The average molecular weight is 318 g/mol. The normalized spacial score (nSPS) is 10.2. The van der Waals surface area contributed by atoms with E-state index in [-0.39, 0.29) is 11.3 Å². The van der Waals surface area contributed by atoms with Crippen molar-refractivity contribution in [2.24, 2.45) is 0 Å². The quantitative estimate of drug-likeness (QED) is 0.547. The molecule has 0 radical (unpaired) electrons. The van der Waals surface area contributed by atoms with E-state index in [1.807, 2.05) is 24.3 Å². The summed E-state index contributed by atoms with van der Waals surface area (Å²) < 4.78 is 29.3. The van der Waals surface area contributed by atoms with Crippen LogP contribution >= 0.6 is 0 Å². The summed E-state index contributed by atoms with van der Waals surface area (Å²) in [5.74, 6) is 1.23. The molecule has 4 nitrogen and oxygen atoms in total. The molecule has 0 unspecified atom stereocenters. The molecule has 0 aliphatic rings. The lowest BCUT2D eigenvalue weighted by Crippen LogP contribution is -2.07. The highest BCUT2D eigenvalue weighted by Gasteiger charge is 2.09. The Morgan fingerprint density at radius 1 is 1.00 bits per heavy atom. The minimum absolute atomic E-state index is 0.228. The molecule has 0 amide bonds. The predicted octanol–water partition coefficient (Wildman–Crippen LogP) is 3.88. The van der Waals surface area contributed by atoms with Crippen LogP contribution in [0.1, 0.15) is 23.7 Å². The van der Waals surface area contributed by atoms with Crippen molar-refractivity contribution in [2.75, 3.05) is 20.3 Å². The molecular formula is C18H19FO4. The van der Waals surface area contributed by atoms with Gasteiger partial charge in [-0.1, -0.05) is 0 Å². The minimum atomic E-state index is -0.453. The molecule has 0 saturated heterocycles. The molecule has 2 aromatic rings. The molecule has 0 atom stereocenters. The molecular weight excluding hydrogens is 299 g/mol. The Bertz CT molecular complexity index is 653. The van der Waals surface area contributed by atoms with E-state index < -0.39 is 5.82 Å². The highest BCUT2D eigenvalue weighted by atomic mass is 19.1. The second-order valence-electron chi connectivity index (χ2n) is 4.92. The third kappa shape index (κ3) is 4.98. The van der Waals surface area contributed by atoms with Gasteiger partial charge in [0.15, 0.2) is 5.78 Å². The molecule has 0 aromatic heterocycles. The van der Waals surface area contributed by atoms with Crippen LogP contribution in [-0.2, 0) is 0 Å². The fraction of sp³-hybridized carbons (Fsp3) is 0.278. The summed E-state index contributed by atoms with van der Waals surface area (Å²) in [7, 11) is 1.61. The maximum Gasteiger partial charge on any atom is 0.163 e. The smallest absolute Gasteiger partial charge is 0.163 e. The van der Waals surface area contributed by atoms with Crippen molar-refractivity contribution in [3.05, 3.63) is 53.8 Å². The monoisotopic (exact) mass is 318 g/mol. The number of carbonyl (C=O) groups excluding carboxylic acids is 1. The van der Waals surface area contributed by atoms with Gasteiger partial charge in [-0.25, -0.2) is 4.39 Å². The number of Topliss-reactive ketones (excluding diaryl/α,β-unsaturated/α-hetero) is 1. The van der Waals surface area contributed by atoms with Crippen LogP contribution in [0.15, 0.2) is 42.5 Å². The molecule has 0 fully saturated rings. The number of benzene rings is 2. The van der Waals surface area contributed by atoms with Crippen LogP contribution in [0.3, 0.4) is 0 Å². The predicted molar refractivity (Wildman–Crippen MR) is 85.0 cm³/mol. The highest BCUT2D eigenvalue weighted by molar-refractivity contribution is 5.96. The van der Waals surface area contributed by atoms with Crippen molar-refractivity contribution in [3.63, 3.8) is 0 Å². The Hall–Kier alpha value is -2.56. The largest absolute Gasteiger partial charge is 0.497 e. The maximum atomic E-state index is 13.2. The lowest BCUT2D eigenvalue weighted by Gasteiger charge is -2.11. The summed E-state index contributed by atoms with van der Waals surface area (Å²) in [4.78, 5) is 11.5. The first kappa shape index (κ1) is 16.8. The second-order valence-corrected chi connectivity index (χ2v) is 4.92. The number of methoxy groups -OCH3 is 1. The third-order valence-electron chi connectivity index (χ3n) is 3.20. The third-order valence-corrected chi connectivity index (χ3v) is 3.20. The Morgan fingerprint density at radius 2 is 1.65 bits per heavy atom. The Kier molecular flexibility index (Phi) is 5.97. The Balaban J connectivity index is 1.78. The Morgan fingerprint density at radius 3 is 2.30 bits per heavy atom. The average Bonchev–Trinajstić information content (AvgIpc) is 2.56. The number of halogens is 1. The van der Waals surface area contributed by atoms with Gasteiger partial charge >= 0.3 is 0 Å². The van der Waals surface area contributed by atoms with E-state index >= 15 is 0 Å². The van der Waals surface area contributed by atoms with E-state index in [2.05, 4.69) is 0 Å². The first-order valence-electron chi connectivity index (χ1n) is 7.30. The number of hydrogen-bond donors (Lipinski definition) is 0. The van der Waals surface area contributed by atoms with Crippen LogP contribution in [0.5, 0.6) is 17.2 Å². The first-order valence-corrected chi connectivity index (χ1v) is 7.30. The number of rotatable bonds is 8. The lowest BCUT2D eigenvalue weighted by atomic mass is 10.1. The summed E-state index contributed by atoms with van der Waals surface area (Å²) >= 11 is 0. The molecule has 5 heteroatoms. The van der Waals surface area contributed by atoms with Gasteiger partial charge in [0.25, 0.3) is 0 Å². The number of ketones is 1. The molecule has 0 aliphatic carbocycles. The summed E-state index contributed by atoms with van der Waals surface area (Å²) in [5.41, 5.74) is 0.251. The summed E-state index contributed by atoms with van der Waals surface area (Å²) in [5, 5.41) is 0. The zero-order chi connectivity index (χ0) is 16.7. The number of ether oxygens (including phenoxy) is 3. The molecule has 0 saturated carbocycles. The first-order chi connectivity index (χ1) is 11.1. The van der Waals surface area contributed by atoms with Crippen molar-refractivity contribution in [2.45, 2.75) is 13.3 Å².